The molecule has 11 heteroatoms. The molecule has 1 saturated heterocycles. The van der Waals surface area contributed by atoms with Gasteiger partial charge in [-0.2, -0.15) is 13.2 Å². The number of carbonyl (C=O) groups excluding carboxylic acids is 1. The highest BCUT2D eigenvalue weighted by Crippen LogP contribution is 2.36. The molecule has 1 N–H and O–H groups in total. The highest BCUT2D eigenvalue weighted by atomic mass is 19.4. The molecule has 0 bridgehead atoms. The smallest absolute Gasteiger partial charge is 0.416 e. The number of morpholine rings is 1. The van der Waals surface area contributed by atoms with Gasteiger partial charge < -0.3 is 24.4 Å². The number of aryl methyl sites for hydroxylation is 1. The number of aromatic nitrogens is 2. The molecule has 1 amide bonds. The lowest BCUT2D eigenvalue weighted by Gasteiger charge is -2.32. The number of nitrogens with zero attached hydrogens (tertiary/aromatic N) is 3. The lowest BCUT2D eigenvalue weighted by molar-refractivity contribution is -0.138. The van der Waals surface area contributed by atoms with Gasteiger partial charge in [-0.25, -0.2) is 9.97 Å². The predicted octanol–water partition coefficient (Wildman–Crippen LogP) is 4.76. The average Bonchev–Trinajstić information content (AvgIpc) is 2.86. The minimum Gasteiger partial charge on any atom is -0.493 e. The van der Waals surface area contributed by atoms with Crippen LogP contribution < -0.4 is 14.8 Å². The van der Waals surface area contributed by atoms with E-state index in [2.05, 4.69) is 15.3 Å². The van der Waals surface area contributed by atoms with Gasteiger partial charge in [0, 0.05) is 31.0 Å². The Kier molecular flexibility index (Phi) is 7.72. The van der Waals surface area contributed by atoms with Crippen LogP contribution in [0.4, 0.5) is 19.0 Å². The zero-order valence-corrected chi connectivity index (χ0v) is 21.1. The number of hydrogen-bond donors (Lipinski definition) is 1. The Morgan fingerprint density at radius 2 is 2.03 bits per heavy atom. The Hall–Kier alpha value is -3.60. The topological polar surface area (TPSA) is 85.8 Å². The summed E-state index contributed by atoms with van der Waals surface area (Å²) in [5, 5.41) is 3.85. The van der Waals surface area contributed by atoms with E-state index in [-0.39, 0.29) is 18.6 Å². The number of fused-ring (bicyclic) bond motifs is 1. The van der Waals surface area contributed by atoms with E-state index in [0.29, 0.717) is 59.3 Å². The third-order valence-electron chi connectivity index (χ3n) is 6.17. The van der Waals surface area contributed by atoms with Crippen molar-refractivity contribution in [1.29, 1.82) is 0 Å². The van der Waals surface area contributed by atoms with Gasteiger partial charge in [0.15, 0.2) is 11.5 Å². The van der Waals surface area contributed by atoms with Crippen LogP contribution in [0.15, 0.2) is 36.4 Å². The summed E-state index contributed by atoms with van der Waals surface area (Å²) in [6.07, 6.45) is -4.73. The van der Waals surface area contributed by atoms with Crippen LogP contribution in [0.25, 0.3) is 10.9 Å². The Morgan fingerprint density at radius 3 is 2.73 bits per heavy atom. The number of nitrogens with one attached hydrogen (secondary N) is 1. The van der Waals surface area contributed by atoms with E-state index >= 15 is 0 Å². The van der Waals surface area contributed by atoms with Crippen LogP contribution in [0, 0.1) is 6.92 Å². The molecule has 1 aliphatic rings. The first-order valence-corrected chi connectivity index (χ1v) is 11.8. The Balaban J connectivity index is 1.61. The molecular weight excluding hydrogens is 489 g/mol. The van der Waals surface area contributed by atoms with Crippen molar-refractivity contribution >= 4 is 22.6 Å². The van der Waals surface area contributed by atoms with Gasteiger partial charge in [-0.05, 0) is 37.6 Å². The van der Waals surface area contributed by atoms with Gasteiger partial charge in [0.25, 0.3) is 0 Å². The Labute approximate surface area is 212 Å². The molecule has 0 radical (unpaired) electrons. The Bertz CT molecular complexity index is 1280. The second-order valence-electron chi connectivity index (χ2n) is 8.90. The van der Waals surface area contributed by atoms with Crippen LogP contribution in [0.5, 0.6) is 11.5 Å². The highest BCUT2D eigenvalue weighted by Gasteiger charge is 2.31. The highest BCUT2D eigenvalue weighted by molar-refractivity contribution is 5.92. The molecule has 0 saturated carbocycles. The zero-order valence-electron chi connectivity index (χ0n) is 21.1. The standard InChI is InChI=1S/C26H29F3N4O4/c1-15(18-6-5-7-19(10-18)26(27,28)29)30-25-21-11-24(23(35-4)12-22(21)31-16(2)32-25)37-14-20-13-33(17(3)34)8-9-36-20/h5-7,10-12,15,20H,8-9,13-14H2,1-4H3,(H,30,31,32)/t15-,20-/m1/s1. The second-order valence-corrected chi connectivity index (χ2v) is 8.90. The quantitative estimate of drug-likeness (QED) is 0.483. The maximum absolute atomic E-state index is 13.2. The molecule has 2 aromatic carbocycles. The van der Waals surface area contributed by atoms with Crippen molar-refractivity contribution in [2.24, 2.45) is 0 Å². The van der Waals surface area contributed by atoms with Crippen molar-refractivity contribution in [2.75, 3.05) is 38.7 Å². The second kappa shape index (κ2) is 10.8. The molecule has 2 atom stereocenters. The van der Waals surface area contributed by atoms with Gasteiger partial charge in [-0.1, -0.05) is 12.1 Å². The number of ether oxygens (including phenoxy) is 3. The first-order chi connectivity index (χ1) is 17.5. The van der Waals surface area contributed by atoms with Gasteiger partial charge in [0.05, 0.1) is 31.3 Å². The molecule has 2 heterocycles. The lowest BCUT2D eigenvalue weighted by atomic mass is 10.0. The molecule has 1 aliphatic heterocycles. The molecule has 3 aromatic rings. The first-order valence-electron chi connectivity index (χ1n) is 11.8. The fourth-order valence-electron chi connectivity index (χ4n) is 4.20. The van der Waals surface area contributed by atoms with Crippen LogP contribution >= 0.6 is 0 Å². The van der Waals surface area contributed by atoms with E-state index in [1.807, 2.05) is 0 Å². The maximum atomic E-state index is 13.2. The maximum Gasteiger partial charge on any atom is 0.416 e. The lowest BCUT2D eigenvalue weighted by Crippen LogP contribution is -2.46. The van der Waals surface area contributed by atoms with Gasteiger partial charge in [0.2, 0.25) is 5.91 Å². The van der Waals surface area contributed by atoms with Crippen molar-refractivity contribution in [3.8, 4) is 11.5 Å². The fraction of sp³-hybridized carbons (Fsp3) is 0.423. The summed E-state index contributed by atoms with van der Waals surface area (Å²) < 4.78 is 56.9. The van der Waals surface area contributed by atoms with Crippen LogP contribution in [0.2, 0.25) is 0 Å². The van der Waals surface area contributed by atoms with Crippen molar-refractivity contribution in [3.63, 3.8) is 0 Å². The molecule has 0 aliphatic carbocycles. The average molecular weight is 519 g/mol. The minimum atomic E-state index is -4.43. The molecule has 1 aromatic heterocycles. The number of rotatable bonds is 7. The number of carbonyl (C=O) groups is 1. The molecule has 1 fully saturated rings. The molecule has 8 nitrogen and oxygen atoms in total. The molecule has 0 unspecified atom stereocenters. The summed E-state index contributed by atoms with van der Waals surface area (Å²) in [7, 11) is 1.52. The molecule has 0 spiro atoms. The summed E-state index contributed by atoms with van der Waals surface area (Å²) in [5.74, 6) is 1.82. The molecular formula is C26H29F3N4O4. The van der Waals surface area contributed by atoms with Crippen molar-refractivity contribution in [2.45, 2.75) is 39.1 Å². The van der Waals surface area contributed by atoms with Gasteiger partial charge >= 0.3 is 6.18 Å². The zero-order chi connectivity index (χ0) is 26.7. The number of anilines is 1. The first kappa shape index (κ1) is 26.5. The largest absolute Gasteiger partial charge is 0.493 e. The molecule has 37 heavy (non-hydrogen) atoms. The summed E-state index contributed by atoms with van der Waals surface area (Å²) >= 11 is 0. The van der Waals surface area contributed by atoms with Gasteiger partial charge in [-0.15, -0.1) is 0 Å². The van der Waals surface area contributed by atoms with Crippen LogP contribution in [0.1, 0.15) is 36.8 Å². The van der Waals surface area contributed by atoms with Crippen LogP contribution in [-0.4, -0.2) is 60.3 Å². The number of halogens is 3. The van der Waals surface area contributed by atoms with Gasteiger partial charge in [-0.3, -0.25) is 4.79 Å². The fourth-order valence-corrected chi connectivity index (χ4v) is 4.20. The van der Waals surface area contributed by atoms with E-state index in [1.54, 1.807) is 36.9 Å². The summed E-state index contributed by atoms with van der Waals surface area (Å²) in [6, 6.07) is 8.18. The monoisotopic (exact) mass is 518 g/mol. The Morgan fingerprint density at radius 1 is 1.24 bits per heavy atom. The number of amides is 1. The summed E-state index contributed by atoms with van der Waals surface area (Å²) in [6.45, 7) is 6.61. The molecule has 4 rings (SSSR count). The van der Waals surface area contributed by atoms with E-state index in [1.165, 1.54) is 20.1 Å². The van der Waals surface area contributed by atoms with Crippen LogP contribution in [-0.2, 0) is 15.7 Å². The molecule has 198 valence electrons. The summed E-state index contributed by atoms with van der Waals surface area (Å²) in [4.78, 5) is 22.4. The van der Waals surface area contributed by atoms with E-state index in [4.69, 9.17) is 14.2 Å². The van der Waals surface area contributed by atoms with E-state index < -0.39 is 17.8 Å². The minimum absolute atomic E-state index is 0.0188. The van der Waals surface area contributed by atoms with E-state index in [0.717, 1.165) is 12.1 Å². The van der Waals surface area contributed by atoms with Crippen molar-refractivity contribution in [3.05, 3.63) is 53.3 Å². The predicted molar refractivity (Wildman–Crippen MR) is 132 cm³/mol. The normalized spacial score (nSPS) is 16.9. The summed E-state index contributed by atoms with van der Waals surface area (Å²) in [5.41, 5.74) is 0.344. The van der Waals surface area contributed by atoms with Crippen molar-refractivity contribution in [1.82, 2.24) is 14.9 Å². The number of alkyl halides is 3. The number of hydrogen-bond acceptors (Lipinski definition) is 7. The van der Waals surface area contributed by atoms with E-state index in [9.17, 15) is 18.0 Å². The van der Waals surface area contributed by atoms with Crippen LogP contribution in [0.3, 0.4) is 0 Å². The number of methoxy groups -OCH3 is 1. The third kappa shape index (κ3) is 6.22. The third-order valence-corrected chi connectivity index (χ3v) is 6.17. The van der Waals surface area contributed by atoms with Crippen molar-refractivity contribution < 1.29 is 32.2 Å². The SMILES string of the molecule is COc1cc2nc(C)nc(N[C@H](C)c3cccc(C(F)(F)F)c3)c2cc1OC[C@H]1CN(C(C)=O)CCO1. The number of benzene rings is 2. The van der Waals surface area contributed by atoms with Gasteiger partial charge in [0.1, 0.15) is 24.4 Å².